The van der Waals surface area contributed by atoms with Crippen LogP contribution in [-0.4, -0.2) is 21.4 Å². The summed E-state index contributed by atoms with van der Waals surface area (Å²) in [6.45, 7) is 0. The second kappa shape index (κ2) is 5.79. The highest BCUT2D eigenvalue weighted by Crippen LogP contribution is 2.32. The summed E-state index contributed by atoms with van der Waals surface area (Å²) in [6, 6.07) is 7.19. The van der Waals surface area contributed by atoms with Crippen LogP contribution in [0.25, 0.3) is 16.6 Å². The van der Waals surface area contributed by atoms with Crippen LogP contribution in [0, 0.1) is 0 Å². The zero-order chi connectivity index (χ0) is 17.5. The van der Waals surface area contributed by atoms with Crippen molar-refractivity contribution in [2.45, 2.75) is 6.18 Å². The summed E-state index contributed by atoms with van der Waals surface area (Å²) in [4.78, 5) is 19.6. The second-order valence-corrected chi connectivity index (χ2v) is 5.28. The Kier molecular flexibility index (Phi) is 3.92. The summed E-state index contributed by atoms with van der Waals surface area (Å²) >= 11 is 6.11. The molecule has 1 N–H and O–H groups in total. The van der Waals surface area contributed by atoms with Crippen LogP contribution in [0.3, 0.4) is 0 Å². The molecule has 9 heteroatoms. The molecule has 3 aromatic rings. The molecule has 0 fully saturated rings. The molecule has 2 aromatic heterocycles. The topological polar surface area (TPSA) is 59.3 Å². The van der Waals surface area contributed by atoms with Gasteiger partial charge in [-0.25, -0.2) is 4.98 Å². The zero-order valence-electron chi connectivity index (χ0n) is 12.2. The van der Waals surface area contributed by atoms with Crippen LogP contribution in [0.5, 0.6) is 0 Å². The molecule has 0 spiro atoms. The van der Waals surface area contributed by atoms with E-state index in [4.69, 9.17) is 11.6 Å². The minimum atomic E-state index is -4.64. The third-order valence-corrected chi connectivity index (χ3v) is 3.74. The highest BCUT2D eigenvalue weighted by molar-refractivity contribution is 6.33. The van der Waals surface area contributed by atoms with Crippen molar-refractivity contribution in [2.24, 2.45) is 0 Å². The molecule has 0 aliphatic carbocycles. The molecule has 0 radical (unpaired) electrons. The van der Waals surface area contributed by atoms with Crippen LogP contribution >= 0.6 is 11.6 Å². The smallest absolute Gasteiger partial charge is 0.358 e. The predicted octanol–water partition coefficient (Wildman–Crippen LogP) is 3.47. The maximum atomic E-state index is 13.0. The molecule has 0 aliphatic rings. The van der Waals surface area contributed by atoms with Gasteiger partial charge < -0.3 is 5.32 Å². The zero-order valence-corrected chi connectivity index (χ0v) is 13.0. The maximum Gasteiger partial charge on any atom is 0.433 e. The van der Waals surface area contributed by atoms with Crippen LogP contribution in [0.4, 0.5) is 19.1 Å². The van der Waals surface area contributed by atoms with E-state index in [1.165, 1.54) is 11.4 Å². The molecule has 24 heavy (non-hydrogen) atoms. The van der Waals surface area contributed by atoms with E-state index in [1.54, 1.807) is 24.3 Å². The largest absolute Gasteiger partial charge is 0.433 e. The first-order chi connectivity index (χ1) is 11.3. The first-order valence-corrected chi connectivity index (χ1v) is 7.13. The number of aromatic nitrogens is 3. The van der Waals surface area contributed by atoms with E-state index in [9.17, 15) is 18.0 Å². The number of nitrogens with zero attached hydrogens (tertiary/aromatic N) is 3. The molecule has 1 aromatic carbocycles. The number of hydrogen-bond donors (Lipinski definition) is 1. The fourth-order valence-electron chi connectivity index (χ4n) is 2.34. The summed E-state index contributed by atoms with van der Waals surface area (Å²) in [6.07, 6.45) is -3.67. The van der Waals surface area contributed by atoms with Crippen molar-refractivity contribution in [1.29, 1.82) is 0 Å². The van der Waals surface area contributed by atoms with Gasteiger partial charge in [0.05, 0.1) is 11.1 Å². The fourth-order valence-corrected chi connectivity index (χ4v) is 2.57. The van der Waals surface area contributed by atoms with E-state index >= 15 is 0 Å². The summed E-state index contributed by atoms with van der Waals surface area (Å²) in [5.41, 5.74) is -1.51. The summed E-state index contributed by atoms with van der Waals surface area (Å²) in [5.74, 6) is 0.0760. The van der Waals surface area contributed by atoms with Crippen molar-refractivity contribution in [3.63, 3.8) is 0 Å². The fraction of sp³-hybridized carbons (Fsp3) is 0.133. The molecule has 0 unspecified atom stereocenters. The molecule has 124 valence electrons. The molecule has 0 atom stereocenters. The normalized spacial score (nSPS) is 11.7. The lowest BCUT2D eigenvalue weighted by Crippen LogP contribution is -2.18. The molecule has 3 rings (SSSR count). The average Bonchev–Trinajstić information content (AvgIpc) is 2.54. The number of rotatable bonds is 2. The third-order valence-electron chi connectivity index (χ3n) is 3.41. The van der Waals surface area contributed by atoms with Gasteiger partial charge in [-0.15, -0.1) is 0 Å². The molecule has 0 amide bonds. The Hall–Kier alpha value is -2.61. The summed E-state index contributed by atoms with van der Waals surface area (Å²) in [7, 11) is 1.50. The van der Waals surface area contributed by atoms with Gasteiger partial charge in [0.1, 0.15) is 12.0 Å². The highest BCUT2D eigenvalue weighted by Gasteiger charge is 2.33. The summed E-state index contributed by atoms with van der Waals surface area (Å²) < 4.78 is 40.3. The Morgan fingerprint density at radius 3 is 2.58 bits per heavy atom. The third kappa shape index (κ3) is 2.69. The number of fused-ring (bicyclic) bond motifs is 1. The van der Waals surface area contributed by atoms with Gasteiger partial charge in [0, 0.05) is 17.6 Å². The van der Waals surface area contributed by atoms with Gasteiger partial charge in [0.25, 0.3) is 5.56 Å². The number of anilines is 1. The molecule has 0 saturated carbocycles. The van der Waals surface area contributed by atoms with E-state index in [0.29, 0.717) is 5.56 Å². The van der Waals surface area contributed by atoms with E-state index in [-0.39, 0.29) is 22.1 Å². The average molecular weight is 355 g/mol. The van der Waals surface area contributed by atoms with Gasteiger partial charge in [0.15, 0.2) is 0 Å². The number of nitrogens with one attached hydrogen (secondary N) is 1. The van der Waals surface area contributed by atoms with Gasteiger partial charge in [-0.1, -0.05) is 29.8 Å². The van der Waals surface area contributed by atoms with Crippen molar-refractivity contribution < 1.29 is 13.2 Å². The van der Waals surface area contributed by atoms with Crippen LogP contribution in [0.1, 0.15) is 5.69 Å². The Labute approximate surface area is 138 Å². The van der Waals surface area contributed by atoms with Crippen molar-refractivity contribution >= 4 is 23.1 Å². The molecule has 0 bridgehead atoms. The lowest BCUT2D eigenvalue weighted by Gasteiger charge is -2.14. The highest BCUT2D eigenvalue weighted by atomic mass is 35.5. The summed E-state index contributed by atoms with van der Waals surface area (Å²) in [5, 5.41) is 2.90. The number of alkyl halides is 3. The maximum absolute atomic E-state index is 13.0. The Morgan fingerprint density at radius 2 is 1.96 bits per heavy atom. The molecule has 0 saturated heterocycles. The van der Waals surface area contributed by atoms with E-state index in [1.807, 2.05) is 0 Å². The van der Waals surface area contributed by atoms with Gasteiger partial charge in [0.2, 0.25) is 5.95 Å². The number of halogens is 4. The molecular formula is C15H10ClF3N4O. The van der Waals surface area contributed by atoms with Gasteiger partial charge in [-0.2, -0.15) is 18.2 Å². The van der Waals surface area contributed by atoms with Gasteiger partial charge in [-0.3, -0.25) is 9.20 Å². The first kappa shape index (κ1) is 16.3. The van der Waals surface area contributed by atoms with Gasteiger partial charge >= 0.3 is 6.18 Å². The predicted molar refractivity (Wildman–Crippen MR) is 84.3 cm³/mol. The van der Waals surface area contributed by atoms with E-state index in [0.717, 1.165) is 12.4 Å². The van der Waals surface area contributed by atoms with Crippen molar-refractivity contribution in [3.8, 4) is 11.1 Å². The SMILES string of the molecule is CNc1nc(=O)c(-c2ccccc2Cl)c2cc(C(F)(F)F)ncn12. The lowest BCUT2D eigenvalue weighted by atomic mass is 10.1. The quantitative estimate of drug-likeness (QED) is 0.765. The minimum Gasteiger partial charge on any atom is -0.358 e. The number of hydrogen-bond acceptors (Lipinski definition) is 4. The van der Waals surface area contributed by atoms with Crippen molar-refractivity contribution in [3.05, 3.63) is 57.7 Å². The minimum absolute atomic E-state index is 0.00905. The Bertz CT molecular complexity index is 985. The van der Waals surface area contributed by atoms with Crippen LogP contribution < -0.4 is 10.9 Å². The number of benzene rings is 1. The molecule has 0 aliphatic heterocycles. The Morgan fingerprint density at radius 1 is 1.25 bits per heavy atom. The lowest BCUT2D eigenvalue weighted by molar-refractivity contribution is -0.141. The second-order valence-electron chi connectivity index (χ2n) is 4.87. The van der Waals surface area contributed by atoms with Crippen LogP contribution in [0.15, 0.2) is 41.5 Å². The molecule has 5 nitrogen and oxygen atoms in total. The Balaban J connectivity index is 2.46. The monoisotopic (exact) mass is 354 g/mol. The van der Waals surface area contributed by atoms with E-state index in [2.05, 4.69) is 15.3 Å². The van der Waals surface area contributed by atoms with Crippen LogP contribution in [-0.2, 0) is 6.18 Å². The van der Waals surface area contributed by atoms with Crippen molar-refractivity contribution in [2.75, 3.05) is 12.4 Å². The molecule has 2 heterocycles. The molecular weight excluding hydrogens is 345 g/mol. The first-order valence-electron chi connectivity index (χ1n) is 6.75. The standard InChI is InChI=1S/C15H10ClF3N4O/c1-20-14-22-13(24)12(8-4-2-3-5-9(8)16)10-6-11(15(17,18)19)21-7-23(10)14/h2-7H,1H3,(H,20,22,24). The van der Waals surface area contributed by atoms with E-state index < -0.39 is 17.4 Å². The van der Waals surface area contributed by atoms with Gasteiger partial charge in [-0.05, 0) is 12.1 Å². The van der Waals surface area contributed by atoms with Crippen molar-refractivity contribution in [1.82, 2.24) is 14.4 Å². The van der Waals surface area contributed by atoms with Crippen LogP contribution in [0.2, 0.25) is 5.02 Å².